The van der Waals surface area contributed by atoms with Crippen molar-refractivity contribution in [3.05, 3.63) is 23.8 Å². The smallest absolute Gasteiger partial charge is 0.222 e. The molecular weight excluding hydrogens is 240 g/mol. The minimum atomic E-state index is -0.251. The number of carbonyl (C=O) groups is 1. The number of nitriles is 1. The molecule has 1 aromatic rings. The molecule has 1 aromatic carbocycles. The van der Waals surface area contributed by atoms with Gasteiger partial charge in [0.25, 0.3) is 0 Å². The zero-order valence-electron chi connectivity index (χ0n) is 11.0. The molecule has 0 radical (unpaired) electrons. The molecule has 1 fully saturated rings. The lowest BCUT2D eigenvalue weighted by Crippen LogP contribution is -2.45. The summed E-state index contributed by atoms with van der Waals surface area (Å²) in [4.78, 5) is 13.5. The Morgan fingerprint density at radius 2 is 2.21 bits per heavy atom. The Hall–Kier alpha value is -2.22. The number of hydrogen-bond donors (Lipinski definition) is 2. The van der Waals surface area contributed by atoms with Crippen molar-refractivity contribution in [3.8, 4) is 6.07 Å². The molecular formula is C14H18N4O. The van der Waals surface area contributed by atoms with Gasteiger partial charge in [0.1, 0.15) is 6.07 Å². The molecule has 1 amide bonds. The van der Waals surface area contributed by atoms with E-state index in [4.69, 9.17) is 16.7 Å². The van der Waals surface area contributed by atoms with Crippen LogP contribution in [-0.2, 0) is 4.79 Å². The molecule has 0 bridgehead atoms. The van der Waals surface area contributed by atoms with Gasteiger partial charge in [0.2, 0.25) is 5.91 Å². The highest BCUT2D eigenvalue weighted by atomic mass is 16.1. The highest BCUT2D eigenvalue weighted by molar-refractivity contribution is 5.78. The maximum Gasteiger partial charge on any atom is 0.222 e. The quantitative estimate of drug-likeness (QED) is 0.780. The predicted molar refractivity (Wildman–Crippen MR) is 74.3 cm³/mol. The lowest BCUT2D eigenvalue weighted by atomic mass is 9.92. The first-order valence-electron chi connectivity index (χ1n) is 6.38. The summed E-state index contributed by atoms with van der Waals surface area (Å²) < 4.78 is 0. The van der Waals surface area contributed by atoms with Crippen molar-refractivity contribution in [2.45, 2.75) is 25.8 Å². The molecule has 1 saturated heterocycles. The van der Waals surface area contributed by atoms with Crippen molar-refractivity contribution < 1.29 is 4.79 Å². The topological polar surface area (TPSA) is 96.1 Å². The third-order valence-corrected chi connectivity index (χ3v) is 3.77. The average Bonchev–Trinajstić information content (AvgIpc) is 2.38. The Labute approximate surface area is 112 Å². The van der Waals surface area contributed by atoms with Crippen LogP contribution in [-0.4, -0.2) is 18.5 Å². The van der Waals surface area contributed by atoms with E-state index in [1.54, 1.807) is 12.1 Å². The van der Waals surface area contributed by atoms with Crippen LogP contribution in [0.4, 0.5) is 11.4 Å². The first kappa shape index (κ1) is 13.2. The van der Waals surface area contributed by atoms with Crippen LogP contribution >= 0.6 is 0 Å². The molecule has 0 aromatic heterocycles. The van der Waals surface area contributed by atoms with Crippen LogP contribution in [0.5, 0.6) is 0 Å². The molecule has 0 saturated carbocycles. The monoisotopic (exact) mass is 258 g/mol. The van der Waals surface area contributed by atoms with Crippen molar-refractivity contribution in [3.63, 3.8) is 0 Å². The molecule has 100 valence electrons. The second-order valence-electron chi connectivity index (χ2n) is 5.06. The van der Waals surface area contributed by atoms with Crippen molar-refractivity contribution in [1.82, 2.24) is 0 Å². The van der Waals surface area contributed by atoms with E-state index in [0.717, 1.165) is 18.5 Å². The molecule has 2 atom stereocenters. The van der Waals surface area contributed by atoms with Gasteiger partial charge in [0.15, 0.2) is 0 Å². The summed E-state index contributed by atoms with van der Waals surface area (Å²) in [6.07, 6.45) is 1.76. The standard InChI is InChI=1S/C14H18N4O/c1-9-2-3-11(14(17)19)8-18(9)12-5-4-10(7-15)13(16)6-12/h4-6,9,11H,2-3,8,16H2,1H3,(H2,17,19). The van der Waals surface area contributed by atoms with Gasteiger partial charge in [-0.15, -0.1) is 0 Å². The zero-order valence-corrected chi connectivity index (χ0v) is 11.0. The lowest BCUT2D eigenvalue weighted by Gasteiger charge is -2.38. The van der Waals surface area contributed by atoms with Crippen LogP contribution < -0.4 is 16.4 Å². The van der Waals surface area contributed by atoms with Crippen molar-refractivity contribution in [1.29, 1.82) is 5.26 Å². The molecule has 5 heteroatoms. The fraction of sp³-hybridized carbons (Fsp3) is 0.429. The Morgan fingerprint density at radius 3 is 2.79 bits per heavy atom. The number of carbonyl (C=O) groups excluding carboxylic acids is 1. The summed E-state index contributed by atoms with van der Waals surface area (Å²) in [5.74, 6) is -0.369. The van der Waals surface area contributed by atoms with E-state index in [0.29, 0.717) is 23.8 Å². The molecule has 0 spiro atoms. The van der Waals surface area contributed by atoms with Gasteiger partial charge in [0, 0.05) is 18.3 Å². The van der Waals surface area contributed by atoms with E-state index >= 15 is 0 Å². The minimum Gasteiger partial charge on any atom is -0.398 e. The van der Waals surface area contributed by atoms with Gasteiger partial charge in [-0.1, -0.05) is 0 Å². The maximum atomic E-state index is 11.3. The molecule has 19 heavy (non-hydrogen) atoms. The molecule has 1 aliphatic heterocycles. The minimum absolute atomic E-state index is 0.118. The van der Waals surface area contributed by atoms with Gasteiger partial charge in [0.05, 0.1) is 17.2 Å². The van der Waals surface area contributed by atoms with Crippen molar-refractivity contribution >= 4 is 17.3 Å². The van der Waals surface area contributed by atoms with Crippen LogP contribution in [0.15, 0.2) is 18.2 Å². The number of nitrogens with two attached hydrogens (primary N) is 2. The highest BCUT2D eigenvalue weighted by Gasteiger charge is 2.28. The second kappa shape index (κ2) is 5.19. The summed E-state index contributed by atoms with van der Waals surface area (Å²) in [6.45, 7) is 2.73. The number of hydrogen-bond acceptors (Lipinski definition) is 4. The number of rotatable bonds is 2. The molecule has 4 N–H and O–H groups in total. The molecule has 2 rings (SSSR count). The number of nitrogen functional groups attached to an aromatic ring is 1. The first-order valence-corrected chi connectivity index (χ1v) is 6.38. The van der Waals surface area contributed by atoms with Gasteiger partial charge in [-0.05, 0) is 38.0 Å². The summed E-state index contributed by atoms with van der Waals surface area (Å²) in [5, 5.41) is 8.88. The van der Waals surface area contributed by atoms with E-state index in [1.165, 1.54) is 0 Å². The second-order valence-corrected chi connectivity index (χ2v) is 5.06. The number of anilines is 2. The van der Waals surface area contributed by atoms with Gasteiger partial charge in [-0.25, -0.2) is 0 Å². The van der Waals surface area contributed by atoms with E-state index in [1.807, 2.05) is 12.1 Å². The number of benzene rings is 1. The van der Waals surface area contributed by atoms with Gasteiger partial charge < -0.3 is 16.4 Å². The SMILES string of the molecule is CC1CCC(C(N)=O)CN1c1ccc(C#N)c(N)c1. The van der Waals surface area contributed by atoms with E-state index < -0.39 is 0 Å². The third-order valence-electron chi connectivity index (χ3n) is 3.77. The summed E-state index contributed by atoms with van der Waals surface area (Å²) >= 11 is 0. The summed E-state index contributed by atoms with van der Waals surface area (Å²) in [7, 11) is 0. The normalized spacial score (nSPS) is 22.8. The Kier molecular flexibility index (Phi) is 3.61. The van der Waals surface area contributed by atoms with Crippen LogP contribution in [0.3, 0.4) is 0 Å². The van der Waals surface area contributed by atoms with E-state index in [-0.39, 0.29) is 11.8 Å². The Bertz CT molecular complexity index is 535. The molecule has 1 aliphatic rings. The van der Waals surface area contributed by atoms with Gasteiger partial charge >= 0.3 is 0 Å². The van der Waals surface area contributed by atoms with Crippen LogP contribution in [0, 0.1) is 17.2 Å². The molecule has 5 nitrogen and oxygen atoms in total. The largest absolute Gasteiger partial charge is 0.398 e. The third kappa shape index (κ3) is 2.63. The highest BCUT2D eigenvalue weighted by Crippen LogP contribution is 2.29. The Morgan fingerprint density at radius 1 is 1.47 bits per heavy atom. The lowest BCUT2D eigenvalue weighted by molar-refractivity contribution is -0.122. The number of piperidine rings is 1. The molecule has 1 heterocycles. The van der Waals surface area contributed by atoms with E-state index in [9.17, 15) is 4.79 Å². The predicted octanol–water partition coefficient (Wildman–Crippen LogP) is 1.23. The number of primary amides is 1. The maximum absolute atomic E-state index is 11.3. The fourth-order valence-electron chi connectivity index (χ4n) is 2.53. The number of nitrogens with zero attached hydrogens (tertiary/aromatic N) is 2. The Balaban J connectivity index is 2.26. The van der Waals surface area contributed by atoms with E-state index in [2.05, 4.69) is 11.8 Å². The first-order chi connectivity index (χ1) is 9.02. The van der Waals surface area contributed by atoms with Crippen LogP contribution in [0.2, 0.25) is 0 Å². The fourth-order valence-corrected chi connectivity index (χ4v) is 2.53. The van der Waals surface area contributed by atoms with Crippen molar-refractivity contribution in [2.24, 2.45) is 11.7 Å². The number of amides is 1. The van der Waals surface area contributed by atoms with Crippen LogP contribution in [0.1, 0.15) is 25.3 Å². The van der Waals surface area contributed by atoms with Crippen LogP contribution in [0.25, 0.3) is 0 Å². The molecule has 2 unspecified atom stereocenters. The van der Waals surface area contributed by atoms with Crippen molar-refractivity contribution in [2.75, 3.05) is 17.2 Å². The van der Waals surface area contributed by atoms with Gasteiger partial charge in [-0.3, -0.25) is 4.79 Å². The average molecular weight is 258 g/mol. The molecule has 0 aliphatic carbocycles. The summed E-state index contributed by atoms with van der Waals surface area (Å²) in [6, 6.07) is 7.76. The summed E-state index contributed by atoms with van der Waals surface area (Å²) in [5.41, 5.74) is 13.1. The zero-order chi connectivity index (χ0) is 14.0. The van der Waals surface area contributed by atoms with Gasteiger partial charge in [-0.2, -0.15) is 5.26 Å².